The van der Waals surface area contributed by atoms with E-state index in [1.165, 1.54) is 120 Å². The molecule has 15 rings (SSSR count). The maximum Gasteiger partial charge on any atom is 0.0714 e. The molecule has 0 radical (unpaired) electrons. The fourth-order valence-electron chi connectivity index (χ4n) is 12.8. The average Bonchev–Trinajstić information content (AvgIpc) is 3.80. The molecule has 14 aromatic carbocycles. The molecule has 0 aliphatic heterocycles. The molecule has 0 unspecified atom stereocenters. The van der Waals surface area contributed by atoms with E-state index in [-0.39, 0.29) is 0 Å². The molecule has 0 bridgehead atoms. The van der Waals surface area contributed by atoms with Crippen LogP contribution in [0, 0.1) is 0 Å². The van der Waals surface area contributed by atoms with E-state index in [0.29, 0.717) is 0 Å². The van der Waals surface area contributed by atoms with Crippen LogP contribution in [0.4, 0.5) is 17.1 Å². The predicted octanol–water partition coefficient (Wildman–Crippen LogP) is 19.8. The number of nitrogens with zero attached hydrogens (tertiary/aromatic N) is 1. The van der Waals surface area contributed by atoms with Crippen molar-refractivity contribution in [3.63, 3.8) is 0 Å². The van der Waals surface area contributed by atoms with Gasteiger partial charge in [0.25, 0.3) is 0 Å². The van der Waals surface area contributed by atoms with Crippen molar-refractivity contribution in [2.24, 2.45) is 0 Å². The van der Waals surface area contributed by atoms with Gasteiger partial charge in [-0.15, -0.1) is 0 Å². The molecule has 1 aliphatic carbocycles. The maximum atomic E-state index is 2.52. The van der Waals surface area contributed by atoms with Crippen LogP contribution in [-0.4, -0.2) is 0 Å². The molecular weight excluding hydrogens is 891 g/mol. The third kappa shape index (κ3) is 6.43. The Bertz CT molecular complexity index is 4400. The molecule has 0 fully saturated rings. The molecule has 1 heteroatoms. The second kappa shape index (κ2) is 16.8. The van der Waals surface area contributed by atoms with Crippen LogP contribution in [0.25, 0.3) is 98.0 Å². The number of hydrogen-bond acceptors (Lipinski definition) is 1. The lowest BCUT2D eigenvalue weighted by atomic mass is 9.67. The fraction of sp³-hybridized carbons (Fsp3) is 0.0137. The molecule has 0 saturated carbocycles. The summed E-state index contributed by atoms with van der Waals surface area (Å²) in [6.45, 7) is 0. The van der Waals surface area contributed by atoms with Gasteiger partial charge in [0.05, 0.1) is 5.41 Å². The summed E-state index contributed by atoms with van der Waals surface area (Å²) in [5.74, 6) is 0. The summed E-state index contributed by atoms with van der Waals surface area (Å²) in [4.78, 5) is 2.43. The van der Waals surface area contributed by atoms with Gasteiger partial charge in [0.1, 0.15) is 0 Å². The van der Waals surface area contributed by atoms with Crippen LogP contribution < -0.4 is 4.90 Å². The first kappa shape index (κ1) is 42.2. The minimum atomic E-state index is -0.506. The van der Waals surface area contributed by atoms with Crippen LogP contribution in [0.3, 0.4) is 0 Å². The zero-order valence-electron chi connectivity index (χ0n) is 40.6. The highest BCUT2D eigenvalue weighted by Crippen LogP contribution is 2.57. The molecular formula is C73H47N. The lowest BCUT2D eigenvalue weighted by Gasteiger charge is -2.34. The highest BCUT2D eigenvalue weighted by Gasteiger charge is 2.45. The molecule has 74 heavy (non-hydrogen) atoms. The highest BCUT2D eigenvalue weighted by atomic mass is 15.1. The van der Waals surface area contributed by atoms with Gasteiger partial charge in [-0.05, 0) is 175 Å². The topological polar surface area (TPSA) is 3.24 Å². The van der Waals surface area contributed by atoms with Crippen LogP contribution in [0.5, 0.6) is 0 Å². The number of anilines is 3. The summed E-state index contributed by atoms with van der Waals surface area (Å²) >= 11 is 0. The minimum absolute atomic E-state index is 0.506. The van der Waals surface area contributed by atoms with Gasteiger partial charge in [-0.2, -0.15) is 0 Å². The largest absolute Gasteiger partial charge is 0.310 e. The summed E-state index contributed by atoms with van der Waals surface area (Å²) in [6, 6.07) is 106. The van der Waals surface area contributed by atoms with Gasteiger partial charge in [-0.1, -0.05) is 231 Å². The summed E-state index contributed by atoms with van der Waals surface area (Å²) < 4.78 is 0. The second-order valence-corrected chi connectivity index (χ2v) is 19.9. The lowest BCUT2D eigenvalue weighted by Crippen LogP contribution is -2.28. The van der Waals surface area contributed by atoms with Crippen molar-refractivity contribution < 1.29 is 0 Å². The molecule has 0 saturated heterocycles. The van der Waals surface area contributed by atoms with Gasteiger partial charge >= 0.3 is 0 Å². The summed E-state index contributed by atoms with van der Waals surface area (Å²) in [5, 5.41) is 14.9. The summed E-state index contributed by atoms with van der Waals surface area (Å²) in [7, 11) is 0. The fourth-order valence-corrected chi connectivity index (χ4v) is 12.8. The number of hydrogen-bond donors (Lipinski definition) is 0. The average molecular weight is 938 g/mol. The van der Waals surface area contributed by atoms with Gasteiger partial charge < -0.3 is 4.90 Å². The van der Waals surface area contributed by atoms with Gasteiger partial charge in [-0.3, -0.25) is 0 Å². The van der Waals surface area contributed by atoms with E-state index in [1.807, 2.05) is 0 Å². The molecule has 1 nitrogen and oxygen atoms in total. The number of rotatable bonds is 8. The third-order valence-corrected chi connectivity index (χ3v) is 16.0. The Kier molecular flexibility index (Phi) is 9.55. The van der Waals surface area contributed by atoms with Gasteiger partial charge in [0.2, 0.25) is 0 Å². The predicted molar refractivity (Wildman–Crippen MR) is 314 cm³/mol. The molecule has 1 aliphatic rings. The Labute approximate surface area is 430 Å². The normalized spacial score (nSPS) is 12.7. The monoisotopic (exact) mass is 937 g/mol. The van der Waals surface area contributed by atoms with E-state index in [1.54, 1.807) is 0 Å². The molecule has 344 valence electrons. The molecule has 0 atom stereocenters. The zero-order valence-corrected chi connectivity index (χ0v) is 40.6. The van der Waals surface area contributed by atoms with E-state index < -0.39 is 5.41 Å². The van der Waals surface area contributed by atoms with Crippen LogP contribution in [0.2, 0.25) is 0 Å². The Morgan fingerprint density at radius 1 is 0.230 bits per heavy atom. The van der Waals surface area contributed by atoms with Crippen molar-refractivity contribution in [2.75, 3.05) is 4.90 Å². The molecule has 0 amide bonds. The van der Waals surface area contributed by atoms with E-state index in [0.717, 1.165) is 17.1 Å². The molecule has 0 spiro atoms. The van der Waals surface area contributed by atoms with Gasteiger partial charge in [0, 0.05) is 17.1 Å². The smallest absolute Gasteiger partial charge is 0.0714 e. The standard InChI is InChI=1S/C73H47N/c1-5-20-50(21-6-1)69-64-41-39-62(74(60-37-34-48-18-13-15-24-53(48)43-60)61-38-35-49-19-14-16-25-54(49)44-61)47-66(64)70(51-22-7-2-8-23-51)63-40-36-55(45-65(63)69)57-42-56-33-32-52-26-17-31-67-71(52)72(56)68(46-57)73(67,58-27-9-3-10-28-58)59-29-11-4-12-30-59/h1-47H. The highest BCUT2D eigenvalue weighted by molar-refractivity contribution is 6.23. The summed E-state index contributed by atoms with van der Waals surface area (Å²) in [5.41, 5.74) is 15.3. The van der Waals surface area contributed by atoms with Crippen molar-refractivity contribution in [2.45, 2.75) is 5.41 Å². The van der Waals surface area contributed by atoms with Crippen molar-refractivity contribution >= 4 is 81.7 Å². The quantitative estimate of drug-likeness (QED) is 0.108. The van der Waals surface area contributed by atoms with E-state index >= 15 is 0 Å². The zero-order chi connectivity index (χ0) is 48.7. The van der Waals surface area contributed by atoms with Crippen LogP contribution in [-0.2, 0) is 5.41 Å². The lowest BCUT2D eigenvalue weighted by molar-refractivity contribution is 0.771. The SMILES string of the molecule is c1ccc(-c2c3ccc(N(c4ccc5ccccc5c4)c4ccc5ccccc5c4)cc3c(-c3ccccc3)c3ccc(-c4cc5c6c(ccc7cccc(c76)C5(c5ccccc5)c5ccccc5)c4)cc23)cc1. The van der Waals surface area contributed by atoms with E-state index in [9.17, 15) is 0 Å². The van der Waals surface area contributed by atoms with Crippen molar-refractivity contribution in [3.05, 3.63) is 307 Å². The van der Waals surface area contributed by atoms with Gasteiger partial charge in [-0.25, -0.2) is 0 Å². The number of benzene rings is 14. The molecule has 14 aromatic rings. The third-order valence-electron chi connectivity index (χ3n) is 16.0. The Balaban J connectivity index is 1.00. The maximum absolute atomic E-state index is 2.52. The molecule has 0 aromatic heterocycles. The second-order valence-electron chi connectivity index (χ2n) is 19.9. The van der Waals surface area contributed by atoms with Crippen molar-refractivity contribution in [1.82, 2.24) is 0 Å². The van der Waals surface area contributed by atoms with Gasteiger partial charge in [0.15, 0.2) is 0 Å². The summed E-state index contributed by atoms with van der Waals surface area (Å²) in [6.07, 6.45) is 0. The minimum Gasteiger partial charge on any atom is -0.310 e. The van der Waals surface area contributed by atoms with E-state index in [4.69, 9.17) is 0 Å². The van der Waals surface area contributed by atoms with Crippen LogP contribution >= 0.6 is 0 Å². The molecule has 0 heterocycles. The van der Waals surface area contributed by atoms with Crippen molar-refractivity contribution in [3.8, 4) is 33.4 Å². The first-order valence-corrected chi connectivity index (χ1v) is 25.7. The van der Waals surface area contributed by atoms with Crippen LogP contribution in [0.1, 0.15) is 22.3 Å². The van der Waals surface area contributed by atoms with E-state index in [2.05, 4.69) is 290 Å². The first-order valence-electron chi connectivity index (χ1n) is 25.7. The Morgan fingerprint density at radius 3 is 1.27 bits per heavy atom. The first-order chi connectivity index (χ1) is 36.7. The molecule has 0 N–H and O–H groups in total. The van der Waals surface area contributed by atoms with Crippen LogP contribution in [0.15, 0.2) is 285 Å². The number of fused-ring (bicyclic) bond motifs is 4. The Hall–Kier alpha value is -9.56. The Morgan fingerprint density at radius 2 is 0.676 bits per heavy atom. The van der Waals surface area contributed by atoms with Crippen molar-refractivity contribution in [1.29, 1.82) is 0 Å².